The summed E-state index contributed by atoms with van der Waals surface area (Å²) in [5.41, 5.74) is 3.33. The molecule has 2 unspecified atom stereocenters. The molecule has 4 heteroatoms. The molecule has 1 aliphatic rings. The van der Waals surface area contributed by atoms with Gasteiger partial charge in [-0.2, -0.15) is 0 Å². The van der Waals surface area contributed by atoms with Crippen LogP contribution in [0.4, 0.5) is 0 Å². The lowest BCUT2D eigenvalue weighted by Gasteiger charge is -2.29. The summed E-state index contributed by atoms with van der Waals surface area (Å²) >= 11 is 0. The van der Waals surface area contributed by atoms with Gasteiger partial charge in [-0.15, -0.1) is 0 Å². The number of nitrogens with zero attached hydrogens (tertiary/aromatic N) is 1. The fraction of sp³-hybridized carbons (Fsp3) is 0.478. The minimum Gasteiger partial charge on any atom is -0.489 e. The number of piperazine rings is 1. The lowest BCUT2D eigenvalue weighted by Crippen LogP contribution is -2.44. The van der Waals surface area contributed by atoms with Crippen LogP contribution in [0.25, 0.3) is 0 Å². The second kappa shape index (κ2) is 9.88. The molecule has 2 aromatic carbocycles. The van der Waals surface area contributed by atoms with Crippen molar-refractivity contribution >= 4 is 0 Å². The van der Waals surface area contributed by atoms with Crippen molar-refractivity contribution in [2.45, 2.75) is 38.9 Å². The molecule has 27 heavy (non-hydrogen) atoms. The summed E-state index contributed by atoms with van der Waals surface area (Å²) in [7, 11) is 0. The van der Waals surface area contributed by atoms with E-state index in [1.165, 1.54) is 5.56 Å². The van der Waals surface area contributed by atoms with E-state index in [-0.39, 0.29) is 0 Å². The predicted molar refractivity (Wildman–Crippen MR) is 110 cm³/mol. The molecule has 0 saturated carbocycles. The van der Waals surface area contributed by atoms with E-state index in [9.17, 15) is 5.11 Å². The maximum atomic E-state index is 10.7. The van der Waals surface area contributed by atoms with E-state index >= 15 is 0 Å². The van der Waals surface area contributed by atoms with E-state index in [1.807, 2.05) is 30.3 Å². The Morgan fingerprint density at radius 3 is 2.56 bits per heavy atom. The van der Waals surface area contributed by atoms with Gasteiger partial charge >= 0.3 is 0 Å². The zero-order valence-electron chi connectivity index (χ0n) is 16.5. The van der Waals surface area contributed by atoms with Gasteiger partial charge in [0, 0.05) is 32.7 Å². The Bertz CT molecular complexity index is 699. The highest BCUT2D eigenvalue weighted by Crippen LogP contribution is 2.32. The summed E-state index contributed by atoms with van der Waals surface area (Å²) < 4.78 is 6.13. The molecule has 1 heterocycles. The van der Waals surface area contributed by atoms with Gasteiger partial charge in [-0.3, -0.25) is 4.90 Å². The summed E-state index contributed by atoms with van der Waals surface area (Å²) in [4.78, 5) is 2.32. The number of aliphatic hydroxyl groups excluding tert-OH is 1. The van der Waals surface area contributed by atoms with Gasteiger partial charge in [0.2, 0.25) is 0 Å². The zero-order valence-corrected chi connectivity index (χ0v) is 16.5. The van der Waals surface area contributed by atoms with Crippen LogP contribution < -0.4 is 10.1 Å². The Morgan fingerprint density at radius 1 is 1.11 bits per heavy atom. The molecule has 0 aromatic heterocycles. The van der Waals surface area contributed by atoms with Crippen LogP contribution in [-0.4, -0.2) is 42.7 Å². The van der Waals surface area contributed by atoms with Crippen molar-refractivity contribution in [1.82, 2.24) is 10.2 Å². The van der Waals surface area contributed by atoms with E-state index in [1.54, 1.807) is 0 Å². The lowest BCUT2D eigenvalue weighted by molar-refractivity contribution is 0.105. The molecule has 0 bridgehead atoms. The smallest absolute Gasteiger partial charge is 0.123 e. The first kappa shape index (κ1) is 19.9. The van der Waals surface area contributed by atoms with E-state index < -0.39 is 6.10 Å². The Labute approximate surface area is 163 Å². The molecule has 1 fully saturated rings. The molecular formula is C23H32N2O2. The van der Waals surface area contributed by atoms with Crippen LogP contribution in [0.2, 0.25) is 0 Å². The number of hydrogen-bond acceptors (Lipinski definition) is 4. The number of hydrogen-bond donors (Lipinski definition) is 2. The topological polar surface area (TPSA) is 44.7 Å². The van der Waals surface area contributed by atoms with Crippen molar-refractivity contribution in [3.8, 4) is 5.75 Å². The normalized spacial score (nSPS) is 17.4. The molecule has 1 aliphatic heterocycles. The van der Waals surface area contributed by atoms with Crippen LogP contribution in [-0.2, 0) is 6.61 Å². The molecular weight excluding hydrogens is 336 g/mol. The third kappa shape index (κ3) is 5.55. The second-order valence-electron chi connectivity index (χ2n) is 7.45. The van der Waals surface area contributed by atoms with Crippen molar-refractivity contribution in [2.24, 2.45) is 0 Å². The number of benzene rings is 2. The van der Waals surface area contributed by atoms with Gasteiger partial charge in [0.25, 0.3) is 0 Å². The first-order valence-corrected chi connectivity index (χ1v) is 10.1. The van der Waals surface area contributed by atoms with Gasteiger partial charge in [0.1, 0.15) is 12.4 Å². The first-order chi connectivity index (χ1) is 13.2. The van der Waals surface area contributed by atoms with Gasteiger partial charge < -0.3 is 15.2 Å². The van der Waals surface area contributed by atoms with Crippen molar-refractivity contribution < 1.29 is 9.84 Å². The highest BCUT2D eigenvalue weighted by atomic mass is 16.5. The van der Waals surface area contributed by atoms with Crippen molar-refractivity contribution in [2.75, 3.05) is 32.7 Å². The van der Waals surface area contributed by atoms with E-state index in [0.717, 1.165) is 49.5 Å². The number of ether oxygens (including phenoxy) is 1. The van der Waals surface area contributed by atoms with Crippen molar-refractivity contribution in [3.05, 3.63) is 65.2 Å². The molecule has 1 saturated heterocycles. The molecule has 2 atom stereocenters. The maximum absolute atomic E-state index is 10.7. The van der Waals surface area contributed by atoms with Crippen molar-refractivity contribution in [1.29, 1.82) is 0 Å². The van der Waals surface area contributed by atoms with E-state index in [4.69, 9.17) is 4.74 Å². The highest BCUT2D eigenvalue weighted by Gasteiger charge is 2.18. The van der Waals surface area contributed by atoms with Gasteiger partial charge in [-0.25, -0.2) is 0 Å². The average Bonchev–Trinajstić information content (AvgIpc) is 2.73. The molecule has 0 amide bonds. The van der Waals surface area contributed by atoms with Crippen molar-refractivity contribution in [3.63, 3.8) is 0 Å². The summed E-state index contributed by atoms with van der Waals surface area (Å²) in [5, 5.41) is 14.1. The molecule has 4 nitrogen and oxygen atoms in total. The zero-order chi connectivity index (χ0) is 19.1. The first-order valence-electron chi connectivity index (χ1n) is 10.1. The molecule has 3 rings (SSSR count). The average molecular weight is 369 g/mol. The maximum Gasteiger partial charge on any atom is 0.123 e. The molecule has 0 radical (unpaired) electrons. The quantitative estimate of drug-likeness (QED) is 0.745. The SMILES string of the molecule is CCC(C)c1cc(C(O)CN2CCNCC2)ccc1OCc1ccccc1. The van der Waals surface area contributed by atoms with Gasteiger partial charge in [0.05, 0.1) is 6.10 Å². The molecule has 0 aliphatic carbocycles. The molecule has 2 N–H and O–H groups in total. The fourth-order valence-corrected chi connectivity index (χ4v) is 3.49. The van der Waals surface area contributed by atoms with Gasteiger partial charge in [-0.05, 0) is 41.2 Å². The van der Waals surface area contributed by atoms with Crippen LogP contribution in [0, 0.1) is 0 Å². The Morgan fingerprint density at radius 2 is 1.85 bits per heavy atom. The van der Waals surface area contributed by atoms with Crippen LogP contribution in [0.1, 0.15) is 49.0 Å². The second-order valence-corrected chi connectivity index (χ2v) is 7.45. The number of aliphatic hydroxyl groups is 1. The number of rotatable bonds is 8. The van der Waals surface area contributed by atoms with Crippen LogP contribution in [0.3, 0.4) is 0 Å². The Hall–Kier alpha value is -1.88. The summed E-state index contributed by atoms with van der Waals surface area (Å²) in [6.45, 7) is 9.64. The standard InChI is InChI=1S/C23H32N2O2/c1-3-18(2)21-15-20(22(26)16-25-13-11-24-12-14-25)9-10-23(21)27-17-19-7-5-4-6-8-19/h4-10,15,18,22,24,26H,3,11-14,16-17H2,1-2H3. The Kier molecular flexibility index (Phi) is 7.27. The lowest BCUT2D eigenvalue weighted by atomic mass is 9.94. The third-order valence-corrected chi connectivity index (χ3v) is 5.44. The summed E-state index contributed by atoms with van der Waals surface area (Å²) in [6, 6.07) is 16.4. The minimum atomic E-state index is -0.464. The summed E-state index contributed by atoms with van der Waals surface area (Å²) in [5.74, 6) is 1.31. The highest BCUT2D eigenvalue weighted by molar-refractivity contribution is 5.40. The van der Waals surface area contributed by atoms with Gasteiger partial charge in [-0.1, -0.05) is 50.2 Å². The molecule has 146 valence electrons. The summed E-state index contributed by atoms with van der Waals surface area (Å²) in [6.07, 6.45) is 0.577. The fourth-order valence-electron chi connectivity index (χ4n) is 3.49. The predicted octanol–water partition coefficient (Wildman–Crippen LogP) is 3.72. The molecule has 0 spiro atoms. The third-order valence-electron chi connectivity index (χ3n) is 5.44. The minimum absolute atomic E-state index is 0.391. The van der Waals surface area contributed by atoms with Crippen LogP contribution in [0.15, 0.2) is 48.5 Å². The van der Waals surface area contributed by atoms with Gasteiger partial charge in [0.15, 0.2) is 0 Å². The molecule has 2 aromatic rings. The number of β-amino-alcohol motifs (C(OH)–C–C–N with tert-alkyl or cyclic N) is 1. The van der Waals surface area contributed by atoms with E-state index in [2.05, 4.69) is 42.3 Å². The number of nitrogens with one attached hydrogen (secondary N) is 1. The van der Waals surface area contributed by atoms with E-state index in [0.29, 0.717) is 19.1 Å². The largest absolute Gasteiger partial charge is 0.489 e. The monoisotopic (exact) mass is 368 g/mol. The Balaban J connectivity index is 1.72. The van der Waals surface area contributed by atoms with Crippen LogP contribution >= 0.6 is 0 Å². The van der Waals surface area contributed by atoms with Crippen LogP contribution in [0.5, 0.6) is 5.75 Å².